The van der Waals surface area contributed by atoms with Crippen LogP contribution in [0.2, 0.25) is 0 Å². The van der Waals surface area contributed by atoms with Crippen LogP contribution in [-0.2, 0) is 0 Å². The molecule has 3 aliphatic rings. The van der Waals surface area contributed by atoms with Gasteiger partial charge in [0, 0.05) is 11.7 Å². The number of fused-ring (bicyclic) bond motifs is 2. The fraction of sp³-hybridized carbons (Fsp3) is 0.250. The van der Waals surface area contributed by atoms with Crippen molar-refractivity contribution in [2.75, 3.05) is 5.32 Å². The molecule has 2 aliphatic carbocycles. The largest absolute Gasteiger partial charge is 0.379 e. The molecule has 0 saturated heterocycles. The van der Waals surface area contributed by atoms with Crippen molar-refractivity contribution in [2.45, 2.75) is 38.1 Å². The van der Waals surface area contributed by atoms with Gasteiger partial charge in [0.25, 0.3) is 0 Å². The minimum Gasteiger partial charge on any atom is -0.379 e. The van der Waals surface area contributed by atoms with Crippen molar-refractivity contribution in [3.05, 3.63) is 75.4 Å². The maximum absolute atomic E-state index is 13.2. The summed E-state index contributed by atoms with van der Waals surface area (Å²) in [5.74, 6) is 0. The molecule has 5 heteroatoms. The molecule has 4 nitrogen and oxygen atoms in total. The first-order valence-corrected chi connectivity index (χ1v) is 11.0. The second kappa shape index (κ2) is 7.64. The summed E-state index contributed by atoms with van der Waals surface area (Å²) in [5, 5.41) is 3.50. The fourth-order valence-corrected chi connectivity index (χ4v) is 4.92. The van der Waals surface area contributed by atoms with E-state index < -0.39 is 0 Å². The Morgan fingerprint density at radius 1 is 0.966 bits per heavy atom. The van der Waals surface area contributed by atoms with Gasteiger partial charge in [0.2, 0.25) is 5.43 Å². The predicted octanol–water partition coefficient (Wildman–Crippen LogP) is 6.00. The zero-order chi connectivity index (χ0) is 19.8. The van der Waals surface area contributed by atoms with Gasteiger partial charge in [-0.3, -0.25) is 4.79 Å². The summed E-state index contributed by atoms with van der Waals surface area (Å²) in [6.07, 6.45) is 5.96. The molecule has 5 rings (SSSR count). The third-order valence-electron chi connectivity index (χ3n) is 5.74. The summed E-state index contributed by atoms with van der Waals surface area (Å²) in [5.41, 5.74) is 5.11. The first-order chi connectivity index (χ1) is 14.2. The van der Waals surface area contributed by atoms with Gasteiger partial charge >= 0.3 is 0 Å². The Morgan fingerprint density at radius 2 is 1.69 bits per heavy atom. The fourth-order valence-electron chi connectivity index (χ4n) is 4.32. The molecule has 0 aromatic heterocycles. The number of hydrogen-bond acceptors (Lipinski definition) is 3. The maximum Gasteiger partial charge on any atom is 0.218 e. The van der Waals surface area contributed by atoms with E-state index in [1.54, 1.807) is 0 Å². The average molecular weight is 448 g/mol. The van der Waals surface area contributed by atoms with Crippen molar-refractivity contribution in [3.63, 3.8) is 0 Å². The van der Waals surface area contributed by atoms with Gasteiger partial charge in [0.1, 0.15) is 0 Å². The molecule has 1 saturated carbocycles. The summed E-state index contributed by atoms with van der Waals surface area (Å²) in [7, 11) is 0. The Bertz CT molecular complexity index is 1200. The van der Waals surface area contributed by atoms with Crippen LogP contribution in [0.5, 0.6) is 0 Å². The molecular formula is C24H22BrN3O. The standard InChI is InChI=1S/C24H22BrN3O/c25-22-23-19(15-20(24(22)29)26-16-9-3-1-4-10-16)27-18-13-7-8-14-21(18)28(23)17-11-5-2-6-12-17/h2,5-8,11-16,26H,1,3-4,9-10H2. The monoisotopic (exact) mass is 447 g/mol. The molecule has 0 atom stereocenters. The van der Waals surface area contributed by atoms with Gasteiger partial charge < -0.3 is 9.88 Å². The highest BCUT2D eigenvalue weighted by atomic mass is 79.9. The van der Waals surface area contributed by atoms with Gasteiger partial charge in [-0.25, -0.2) is 4.98 Å². The van der Waals surface area contributed by atoms with Gasteiger partial charge in [-0.15, -0.1) is 0 Å². The van der Waals surface area contributed by atoms with E-state index in [0.717, 1.165) is 41.0 Å². The number of hydrogen-bond donors (Lipinski definition) is 1. The van der Waals surface area contributed by atoms with Crippen LogP contribution in [-0.4, -0.2) is 15.6 Å². The molecule has 1 aliphatic heterocycles. The van der Waals surface area contributed by atoms with Crippen molar-refractivity contribution in [3.8, 4) is 17.1 Å². The second-order valence-corrected chi connectivity index (χ2v) is 8.48. The number of nitrogens with zero attached hydrogens (tertiary/aromatic N) is 2. The zero-order valence-electron chi connectivity index (χ0n) is 16.1. The first kappa shape index (κ1) is 18.4. The molecule has 146 valence electrons. The first-order valence-electron chi connectivity index (χ1n) is 10.2. The third kappa shape index (κ3) is 3.33. The van der Waals surface area contributed by atoms with Crippen LogP contribution in [0.1, 0.15) is 32.1 Å². The van der Waals surface area contributed by atoms with Gasteiger partial charge in [0.15, 0.2) is 0 Å². The minimum absolute atomic E-state index is 0.00941. The normalized spacial score (nSPS) is 15.1. The van der Waals surface area contributed by atoms with E-state index in [1.807, 2.05) is 48.5 Å². The number of anilines is 1. The van der Waals surface area contributed by atoms with E-state index >= 15 is 0 Å². The molecule has 1 N–H and O–H groups in total. The zero-order valence-corrected chi connectivity index (χ0v) is 17.7. The smallest absolute Gasteiger partial charge is 0.218 e. The van der Waals surface area contributed by atoms with Crippen molar-refractivity contribution in [1.29, 1.82) is 0 Å². The third-order valence-corrected chi connectivity index (χ3v) is 6.48. The van der Waals surface area contributed by atoms with Crippen LogP contribution in [0, 0.1) is 0 Å². The van der Waals surface area contributed by atoms with E-state index in [4.69, 9.17) is 4.98 Å². The molecule has 0 unspecified atom stereocenters. The number of para-hydroxylation sites is 3. The number of nitrogens with one attached hydrogen (secondary N) is 1. The summed E-state index contributed by atoms with van der Waals surface area (Å²) < 4.78 is 2.67. The highest BCUT2D eigenvalue weighted by Crippen LogP contribution is 2.35. The van der Waals surface area contributed by atoms with E-state index in [2.05, 4.69) is 37.9 Å². The van der Waals surface area contributed by atoms with E-state index in [9.17, 15) is 4.79 Å². The topological polar surface area (TPSA) is 46.9 Å². The van der Waals surface area contributed by atoms with Gasteiger partial charge in [-0.1, -0.05) is 49.6 Å². The number of rotatable bonds is 3. The van der Waals surface area contributed by atoms with Gasteiger partial charge in [-0.2, -0.15) is 0 Å². The van der Waals surface area contributed by atoms with Crippen LogP contribution in [0.4, 0.5) is 5.69 Å². The van der Waals surface area contributed by atoms with Crippen molar-refractivity contribution in [2.24, 2.45) is 0 Å². The molecule has 1 heterocycles. The van der Waals surface area contributed by atoms with Gasteiger partial charge in [0.05, 0.1) is 32.6 Å². The highest BCUT2D eigenvalue weighted by Gasteiger charge is 2.23. The molecule has 0 spiro atoms. The van der Waals surface area contributed by atoms with E-state index in [0.29, 0.717) is 16.2 Å². The minimum atomic E-state index is -0.00941. The molecule has 2 aromatic rings. The number of benzene rings is 3. The Labute approximate surface area is 178 Å². The molecule has 1 fully saturated rings. The molecule has 0 radical (unpaired) electrons. The molecule has 0 bridgehead atoms. The van der Waals surface area contributed by atoms with Crippen molar-refractivity contribution >= 4 is 32.7 Å². The van der Waals surface area contributed by atoms with Crippen LogP contribution in [0.25, 0.3) is 28.1 Å². The molecular weight excluding hydrogens is 426 g/mol. The summed E-state index contributed by atoms with van der Waals surface area (Å²) >= 11 is 3.62. The summed E-state index contributed by atoms with van der Waals surface area (Å²) in [6, 6.07) is 20.5. The lowest BCUT2D eigenvalue weighted by Crippen LogP contribution is -2.26. The Hall–Kier alpha value is -2.66. The molecule has 29 heavy (non-hydrogen) atoms. The Kier molecular flexibility index (Phi) is 4.84. The van der Waals surface area contributed by atoms with Crippen LogP contribution >= 0.6 is 15.9 Å². The number of aromatic nitrogens is 2. The Balaban J connectivity index is 1.76. The van der Waals surface area contributed by atoms with Crippen molar-refractivity contribution in [1.82, 2.24) is 9.55 Å². The highest BCUT2D eigenvalue weighted by molar-refractivity contribution is 9.10. The van der Waals surface area contributed by atoms with Crippen LogP contribution in [0.15, 0.2) is 69.9 Å². The lowest BCUT2D eigenvalue weighted by molar-refractivity contribution is 0.462. The predicted molar refractivity (Wildman–Crippen MR) is 122 cm³/mol. The molecule has 2 aromatic carbocycles. The van der Waals surface area contributed by atoms with E-state index in [-0.39, 0.29) is 5.43 Å². The van der Waals surface area contributed by atoms with Gasteiger partial charge in [-0.05, 0) is 59.1 Å². The lowest BCUT2D eigenvalue weighted by Gasteiger charge is -2.25. The maximum atomic E-state index is 13.2. The Morgan fingerprint density at radius 3 is 2.48 bits per heavy atom. The average Bonchev–Trinajstić information content (AvgIpc) is 2.77. The van der Waals surface area contributed by atoms with E-state index in [1.165, 1.54) is 19.3 Å². The van der Waals surface area contributed by atoms with Crippen LogP contribution < -0.4 is 10.7 Å². The lowest BCUT2D eigenvalue weighted by atomic mass is 9.95. The quantitative estimate of drug-likeness (QED) is 0.391. The number of halogens is 1. The summed E-state index contributed by atoms with van der Waals surface area (Å²) in [4.78, 5) is 18.1. The van der Waals surface area contributed by atoms with Crippen molar-refractivity contribution < 1.29 is 0 Å². The second-order valence-electron chi connectivity index (χ2n) is 7.69. The van der Waals surface area contributed by atoms with Crippen LogP contribution in [0.3, 0.4) is 0 Å². The summed E-state index contributed by atoms with van der Waals surface area (Å²) in [6.45, 7) is 0. The SMILES string of the molecule is O=c1c(NC2CCCCC2)cc2nc3ccccc3n(-c3ccccc3)c-2c1Br. The molecule has 0 amide bonds.